The molecule has 0 saturated heterocycles. The normalized spacial score (nSPS) is 11.0. The van der Waals surface area contributed by atoms with E-state index in [2.05, 4.69) is 5.16 Å². The van der Waals surface area contributed by atoms with E-state index in [9.17, 15) is 4.79 Å². The minimum Gasteiger partial charge on any atom is -0.486 e. The van der Waals surface area contributed by atoms with E-state index in [0.717, 1.165) is 5.56 Å². The molecule has 2 aromatic rings. The van der Waals surface area contributed by atoms with Crippen LogP contribution < -0.4 is 16.2 Å². The van der Waals surface area contributed by atoms with Crippen LogP contribution in [0.1, 0.15) is 15.9 Å². The zero-order valence-corrected chi connectivity index (χ0v) is 11.9. The number of rotatable bonds is 7. The molecule has 0 spiro atoms. The summed E-state index contributed by atoms with van der Waals surface area (Å²) in [7, 11) is 0. The van der Waals surface area contributed by atoms with Gasteiger partial charge in [-0.2, -0.15) is 0 Å². The van der Waals surface area contributed by atoms with E-state index in [-0.39, 0.29) is 19.0 Å². The second kappa shape index (κ2) is 7.68. The van der Waals surface area contributed by atoms with Crippen molar-refractivity contribution >= 4 is 11.7 Å². The molecule has 2 rings (SSSR count). The second-order valence-electron chi connectivity index (χ2n) is 4.52. The maximum atomic E-state index is 11.1. The Kier molecular flexibility index (Phi) is 5.37. The third-order valence-corrected chi connectivity index (χ3v) is 2.75. The zero-order valence-electron chi connectivity index (χ0n) is 11.9. The number of nitrogens with two attached hydrogens (primary N) is 2. The first-order valence-electron chi connectivity index (χ1n) is 6.66. The SMILES string of the molecule is NC(=O)c1cccc(CO/N=C(/N)COc2ccccc2)c1. The Hall–Kier alpha value is -3.02. The van der Waals surface area contributed by atoms with E-state index >= 15 is 0 Å². The highest BCUT2D eigenvalue weighted by molar-refractivity contribution is 5.92. The fourth-order valence-corrected chi connectivity index (χ4v) is 1.70. The first-order chi connectivity index (χ1) is 10.6. The van der Waals surface area contributed by atoms with Crippen LogP contribution in [0.3, 0.4) is 0 Å². The molecule has 0 bridgehead atoms. The van der Waals surface area contributed by atoms with Gasteiger partial charge in [0.15, 0.2) is 5.84 Å². The van der Waals surface area contributed by atoms with Crippen molar-refractivity contribution in [3.8, 4) is 5.75 Å². The summed E-state index contributed by atoms with van der Waals surface area (Å²) < 4.78 is 5.42. The third-order valence-electron chi connectivity index (χ3n) is 2.75. The summed E-state index contributed by atoms with van der Waals surface area (Å²) in [5.74, 6) is 0.436. The fourth-order valence-electron chi connectivity index (χ4n) is 1.70. The van der Waals surface area contributed by atoms with Gasteiger partial charge in [0, 0.05) is 5.56 Å². The number of para-hydroxylation sites is 1. The van der Waals surface area contributed by atoms with Crippen molar-refractivity contribution in [1.29, 1.82) is 0 Å². The monoisotopic (exact) mass is 299 g/mol. The second-order valence-corrected chi connectivity index (χ2v) is 4.52. The van der Waals surface area contributed by atoms with Crippen LogP contribution in [0.15, 0.2) is 59.8 Å². The van der Waals surface area contributed by atoms with Gasteiger partial charge in [-0.05, 0) is 29.8 Å². The van der Waals surface area contributed by atoms with E-state index < -0.39 is 5.91 Å². The molecule has 0 atom stereocenters. The smallest absolute Gasteiger partial charge is 0.248 e. The molecule has 4 N–H and O–H groups in total. The molecule has 0 aliphatic carbocycles. The Bertz CT molecular complexity index is 657. The molecule has 0 aromatic heterocycles. The molecule has 114 valence electrons. The highest BCUT2D eigenvalue weighted by Crippen LogP contribution is 2.08. The predicted octanol–water partition coefficient (Wildman–Crippen LogP) is 1.65. The van der Waals surface area contributed by atoms with Gasteiger partial charge >= 0.3 is 0 Å². The van der Waals surface area contributed by atoms with Crippen LogP contribution in [-0.2, 0) is 11.4 Å². The Labute approximate surface area is 128 Å². The summed E-state index contributed by atoms with van der Waals surface area (Å²) in [6, 6.07) is 16.1. The topological polar surface area (TPSA) is 99.9 Å². The summed E-state index contributed by atoms with van der Waals surface area (Å²) in [6.45, 7) is 0.318. The number of hydrogen-bond donors (Lipinski definition) is 2. The van der Waals surface area contributed by atoms with Crippen LogP contribution in [0.4, 0.5) is 0 Å². The minimum atomic E-state index is -0.485. The van der Waals surface area contributed by atoms with Crippen LogP contribution in [0.25, 0.3) is 0 Å². The Morgan fingerprint density at radius 3 is 2.55 bits per heavy atom. The van der Waals surface area contributed by atoms with Crippen LogP contribution in [0.2, 0.25) is 0 Å². The van der Waals surface area contributed by atoms with Gasteiger partial charge in [-0.15, -0.1) is 0 Å². The van der Waals surface area contributed by atoms with Gasteiger partial charge in [0.2, 0.25) is 5.91 Å². The molecule has 0 radical (unpaired) electrons. The van der Waals surface area contributed by atoms with Gasteiger partial charge in [0.05, 0.1) is 0 Å². The first-order valence-corrected chi connectivity index (χ1v) is 6.66. The summed E-state index contributed by atoms with van der Waals surface area (Å²) >= 11 is 0. The van der Waals surface area contributed by atoms with Crippen molar-refractivity contribution in [3.05, 3.63) is 65.7 Å². The number of nitrogens with zero attached hydrogens (tertiary/aromatic N) is 1. The molecule has 0 heterocycles. The molecule has 0 fully saturated rings. The van der Waals surface area contributed by atoms with E-state index in [1.807, 2.05) is 30.3 Å². The van der Waals surface area contributed by atoms with Crippen molar-refractivity contribution in [2.24, 2.45) is 16.6 Å². The molecular formula is C16H17N3O3. The Balaban J connectivity index is 1.81. The van der Waals surface area contributed by atoms with Crippen molar-refractivity contribution in [2.45, 2.75) is 6.61 Å². The quantitative estimate of drug-likeness (QED) is 0.461. The molecule has 0 saturated carbocycles. The van der Waals surface area contributed by atoms with E-state index in [0.29, 0.717) is 11.3 Å². The maximum absolute atomic E-state index is 11.1. The molecule has 0 aliphatic heterocycles. The van der Waals surface area contributed by atoms with Crippen molar-refractivity contribution < 1.29 is 14.4 Å². The lowest BCUT2D eigenvalue weighted by molar-refractivity contribution is 0.0999. The summed E-state index contributed by atoms with van der Waals surface area (Å²) in [6.07, 6.45) is 0. The van der Waals surface area contributed by atoms with Gasteiger partial charge in [0.25, 0.3) is 0 Å². The first kappa shape index (κ1) is 15.4. The summed E-state index contributed by atoms with van der Waals surface area (Å²) in [4.78, 5) is 16.2. The van der Waals surface area contributed by atoms with Gasteiger partial charge in [0.1, 0.15) is 19.0 Å². The van der Waals surface area contributed by atoms with Crippen LogP contribution in [-0.4, -0.2) is 18.3 Å². The Morgan fingerprint density at radius 1 is 1.05 bits per heavy atom. The molecule has 22 heavy (non-hydrogen) atoms. The number of carbonyl (C=O) groups excluding carboxylic acids is 1. The standard InChI is InChI=1S/C16H17N3O3/c17-15(11-21-14-7-2-1-3-8-14)19-22-10-12-5-4-6-13(9-12)16(18)20/h1-9H,10-11H2,(H2,17,19)(H2,18,20). The molecule has 2 aromatic carbocycles. The molecule has 6 heteroatoms. The van der Waals surface area contributed by atoms with Gasteiger partial charge in [-0.1, -0.05) is 35.5 Å². The van der Waals surface area contributed by atoms with Gasteiger partial charge < -0.3 is 21.0 Å². The van der Waals surface area contributed by atoms with Crippen LogP contribution in [0.5, 0.6) is 5.75 Å². The number of amides is 1. The largest absolute Gasteiger partial charge is 0.486 e. The lowest BCUT2D eigenvalue weighted by Crippen LogP contribution is -2.21. The maximum Gasteiger partial charge on any atom is 0.248 e. The average molecular weight is 299 g/mol. The fraction of sp³-hybridized carbons (Fsp3) is 0.125. The van der Waals surface area contributed by atoms with Crippen molar-refractivity contribution in [1.82, 2.24) is 0 Å². The zero-order chi connectivity index (χ0) is 15.8. The predicted molar refractivity (Wildman–Crippen MR) is 83.3 cm³/mol. The molecule has 0 unspecified atom stereocenters. The number of primary amides is 1. The lowest BCUT2D eigenvalue weighted by atomic mass is 10.1. The molecular weight excluding hydrogens is 282 g/mol. The number of oxime groups is 1. The number of amidine groups is 1. The molecule has 6 nitrogen and oxygen atoms in total. The molecule has 0 aliphatic rings. The van der Waals surface area contributed by atoms with Crippen molar-refractivity contribution in [3.63, 3.8) is 0 Å². The summed E-state index contributed by atoms with van der Waals surface area (Å²) in [5.41, 5.74) is 12.1. The highest BCUT2D eigenvalue weighted by Gasteiger charge is 2.02. The number of benzene rings is 2. The summed E-state index contributed by atoms with van der Waals surface area (Å²) in [5, 5.41) is 3.76. The molecule has 1 amide bonds. The third kappa shape index (κ3) is 4.82. The minimum absolute atomic E-state index is 0.130. The number of hydrogen-bond acceptors (Lipinski definition) is 4. The number of carbonyl (C=O) groups is 1. The van der Waals surface area contributed by atoms with Crippen LogP contribution in [0, 0.1) is 0 Å². The Morgan fingerprint density at radius 2 is 1.82 bits per heavy atom. The van der Waals surface area contributed by atoms with Gasteiger partial charge in [-0.25, -0.2) is 0 Å². The van der Waals surface area contributed by atoms with E-state index in [1.54, 1.807) is 24.3 Å². The van der Waals surface area contributed by atoms with Gasteiger partial charge in [-0.3, -0.25) is 4.79 Å². The van der Waals surface area contributed by atoms with Crippen molar-refractivity contribution in [2.75, 3.05) is 6.61 Å². The number of ether oxygens (including phenoxy) is 1. The average Bonchev–Trinajstić information content (AvgIpc) is 2.54. The van der Waals surface area contributed by atoms with E-state index in [4.69, 9.17) is 21.0 Å². The van der Waals surface area contributed by atoms with E-state index in [1.165, 1.54) is 0 Å². The lowest BCUT2D eigenvalue weighted by Gasteiger charge is -2.06. The van der Waals surface area contributed by atoms with Crippen LogP contribution >= 0.6 is 0 Å². The highest BCUT2D eigenvalue weighted by atomic mass is 16.6.